The first-order valence-corrected chi connectivity index (χ1v) is 10.7. The summed E-state index contributed by atoms with van der Waals surface area (Å²) in [5.41, 5.74) is 1.28. The predicted octanol–water partition coefficient (Wildman–Crippen LogP) is 2.85. The van der Waals surface area contributed by atoms with Crippen molar-refractivity contribution in [2.75, 3.05) is 31.6 Å². The number of anilines is 1. The third-order valence-corrected chi connectivity index (χ3v) is 6.08. The van der Waals surface area contributed by atoms with Gasteiger partial charge >= 0.3 is 0 Å². The number of piperidine rings is 1. The second kappa shape index (κ2) is 8.38. The highest BCUT2D eigenvalue weighted by Crippen LogP contribution is 2.33. The van der Waals surface area contributed by atoms with E-state index in [1.54, 1.807) is 21.0 Å². The van der Waals surface area contributed by atoms with Crippen molar-refractivity contribution in [3.8, 4) is 0 Å². The second-order valence-corrected chi connectivity index (χ2v) is 9.15. The van der Waals surface area contributed by atoms with Crippen LogP contribution in [-0.4, -0.2) is 59.0 Å². The van der Waals surface area contributed by atoms with E-state index >= 15 is 0 Å². The van der Waals surface area contributed by atoms with Crippen molar-refractivity contribution in [3.05, 3.63) is 17.1 Å². The molecular weight excluding hydrogens is 368 g/mol. The van der Waals surface area contributed by atoms with Gasteiger partial charge in [0.05, 0.1) is 0 Å². The zero-order valence-electron chi connectivity index (χ0n) is 18.6. The standard InChI is InChI=1S/C22H34N4O3/c1-14(2)13-26-18(27)8-7-17-15(3)23-19(24-20(17)26)16-9-11-25(12-10-16)21(28)22(4,5)29-6/h14,16H,7-13H2,1-6H3. The Bertz CT molecular complexity index is 783. The fraction of sp³-hybridized carbons (Fsp3) is 0.727. The number of nitrogens with zero attached hydrogens (tertiary/aromatic N) is 4. The summed E-state index contributed by atoms with van der Waals surface area (Å²) in [6.45, 7) is 11.9. The maximum absolute atomic E-state index is 12.6. The molecule has 1 aromatic heterocycles. The molecule has 0 spiro atoms. The lowest BCUT2D eigenvalue weighted by Gasteiger charge is -2.36. The number of aromatic nitrogens is 2. The average molecular weight is 403 g/mol. The Balaban J connectivity index is 1.79. The first-order chi connectivity index (χ1) is 13.6. The number of hydrogen-bond acceptors (Lipinski definition) is 5. The molecule has 1 aromatic rings. The van der Waals surface area contributed by atoms with Crippen LogP contribution in [0.4, 0.5) is 5.82 Å². The number of hydrogen-bond donors (Lipinski definition) is 0. The summed E-state index contributed by atoms with van der Waals surface area (Å²) in [4.78, 5) is 38.6. The molecule has 0 aliphatic carbocycles. The number of ether oxygens (including phenoxy) is 1. The van der Waals surface area contributed by atoms with Crippen LogP contribution in [0.5, 0.6) is 0 Å². The topological polar surface area (TPSA) is 75.6 Å². The van der Waals surface area contributed by atoms with Crippen LogP contribution >= 0.6 is 0 Å². The molecule has 3 heterocycles. The van der Waals surface area contributed by atoms with E-state index in [1.165, 1.54) is 0 Å². The molecule has 1 saturated heterocycles. The fourth-order valence-electron chi connectivity index (χ4n) is 4.15. The van der Waals surface area contributed by atoms with Gasteiger partial charge in [0.15, 0.2) is 0 Å². The summed E-state index contributed by atoms with van der Waals surface area (Å²) >= 11 is 0. The monoisotopic (exact) mass is 402 g/mol. The van der Waals surface area contributed by atoms with Crippen LogP contribution < -0.4 is 4.90 Å². The summed E-state index contributed by atoms with van der Waals surface area (Å²) in [5.74, 6) is 2.36. The first kappa shape index (κ1) is 21.7. The number of methoxy groups -OCH3 is 1. The Morgan fingerprint density at radius 3 is 2.45 bits per heavy atom. The summed E-state index contributed by atoms with van der Waals surface area (Å²) < 4.78 is 5.34. The van der Waals surface area contributed by atoms with Crippen LogP contribution in [0.3, 0.4) is 0 Å². The second-order valence-electron chi connectivity index (χ2n) is 9.15. The number of likely N-dealkylation sites (tertiary alicyclic amines) is 1. The maximum Gasteiger partial charge on any atom is 0.254 e. The predicted molar refractivity (Wildman–Crippen MR) is 112 cm³/mol. The summed E-state index contributed by atoms with van der Waals surface area (Å²) in [6.07, 6.45) is 2.89. The van der Waals surface area contributed by atoms with Gasteiger partial charge in [0.1, 0.15) is 17.2 Å². The number of carbonyl (C=O) groups is 2. The molecule has 29 heavy (non-hydrogen) atoms. The average Bonchev–Trinajstić information content (AvgIpc) is 2.69. The molecule has 0 bridgehead atoms. The minimum Gasteiger partial charge on any atom is -0.369 e. The number of rotatable bonds is 5. The highest BCUT2D eigenvalue weighted by Gasteiger charge is 2.35. The van der Waals surface area contributed by atoms with E-state index in [-0.39, 0.29) is 17.7 Å². The Kier molecular flexibility index (Phi) is 6.27. The molecule has 7 nitrogen and oxygen atoms in total. The Morgan fingerprint density at radius 2 is 1.86 bits per heavy atom. The smallest absolute Gasteiger partial charge is 0.254 e. The quantitative estimate of drug-likeness (QED) is 0.757. The van der Waals surface area contributed by atoms with Gasteiger partial charge in [-0.2, -0.15) is 0 Å². The van der Waals surface area contributed by atoms with E-state index in [1.807, 2.05) is 16.7 Å². The van der Waals surface area contributed by atoms with E-state index in [0.29, 0.717) is 38.4 Å². The van der Waals surface area contributed by atoms with Crippen LogP contribution in [0.1, 0.15) is 70.0 Å². The van der Waals surface area contributed by atoms with Crippen molar-refractivity contribution in [2.45, 2.75) is 71.8 Å². The fourth-order valence-corrected chi connectivity index (χ4v) is 4.15. The van der Waals surface area contributed by atoms with Gasteiger partial charge < -0.3 is 9.64 Å². The van der Waals surface area contributed by atoms with Crippen LogP contribution in [0.2, 0.25) is 0 Å². The van der Waals surface area contributed by atoms with Crippen molar-refractivity contribution in [3.63, 3.8) is 0 Å². The number of carbonyl (C=O) groups excluding carboxylic acids is 2. The molecule has 1 fully saturated rings. The normalized spacial score (nSPS) is 18.4. The van der Waals surface area contributed by atoms with E-state index < -0.39 is 5.60 Å². The molecule has 0 atom stereocenters. The minimum atomic E-state index is -0.802. The van der Waals surface area contributed by atoms with E-state index in [2.05, 4.69) is 13.8 Å². The molecule has 0 N–H and O–H groups in total. The van der Waals surface area contributed by atoms with Crippen LogP contribution in [0.15, 0.2) is 0 Å². The Hall–Kier alpha value is -2.02. The van der Waals surface area contributed by atoms with E-state index in [9.17, 15) is 9.59 Å². The van der Waals surface area contributed by atoms with Gasteiger partial charge in [-0.15, -0.1) is 0 Å². The van der Waals surface area contributed by atoms with Crippen molar-refractivity contribution in [1.29, 1.82) is 0 Å². The summed E-state index contributed by atoms with van der Waals surface area (Å²) in [7, 11) is 1.57. The Labute approximate surface area is 173 Å². The van der Waals surface area contributed by atoms with Crippen molar-refractivity contribution < 1.29 is 14.3 Å². The molecular formula is C22H34N4O3. The zero-order chi connectivity index (χ0) is 21.3. The molecule has 7 heteroatoms. The van der Waals surface area contributed by atoms with Gasteiger partial charge in [-0.1, -0.05) is 13.8 Å². The van der Waals surface area contributed by atoms with Crippen LogP contribution in [0.25, 0.3) is 0 Å². The number of amides is 2. The van der Waals surface area contributed by atoms with Crippen molar-refractivity contribution in [1.82, 2.24) is 14.9 Å². The van der Waals surface area contributed by atoms with Crippen molar-refractivity contribution >= 4 is 17.6 Å². The maximum atomic E-state index is 12.6. The van der Waals surface area contributed by atoms with Gasteiger partial charge in [-0.05, 0) is 46.0 Å². The van der Waals surface area contributed by atoms with Gasteiger partial charge in [0.2, 0.25) is 5.91 Å². The third-order valence-electron chi connectivity index (χ3n) is 6.08. The number of fused-ring (bicyclic) bond motifs is 1. The molecule has 0 unspecified atom stereocenters. The first-order valence-electron chi connectivity index (χ1n) is 10.7. The van der Waals surface area contributed by atoms with Crippen molar-refractivity contribution in [2.24, 2.45) is 5.92 Å². The third kappa shape index (κ3) is 4.44. The SMILES string of the molecule is COC(C)(C)C(=O)N1CCC(c2nc(C)c3c(n2)N(CC(C)C)C(=O)CC3)CC1. The lowest BCUT2D eigenvalue weighted by molar-refractivity contribution is -0.152. The van der Waals surface area contributed by atoms with Gasteiger partial charge in [0.25, 0.3) is 5.91 Å². The molecule has 0 saturated carbocycles. The largest absolute Gasteiger partial charge is 0.369 e. The van der Waals surface area contributed by atoms with Gasteiger partial charge in [-0.3, -0.25) is 14.5 Å². The molecule has 0 aromatic carbocycles. The molecule has 2 aliphatic heterocycles. The van der Waals surface area contributed by atoms with Crippen LogP contribution in [-0.2, 0) is 20.7 Å². The minimum absolute atomic E-state index is 0.0229. The highest BCUT2D eigenvalue weighted by molar-refractivity contribution is 5.95. The number of aryl methyl sites for hydroxylation is 1. The van der Waals surface area contributed by atoms with Gasteiger partial charge in [-0.25, -0.2) is 9.97 Å². The molecule has 0 radical (unpaired) electrons. The zero-order valence-corrected chi connectivity index (χ0v) is 18.6. The molecule has 3 rings (SSSR count). The molecule has 2 amide bonds. The van der Waals surface area contributed by atoms with E-state index in [4.69, 9.17) is 14.7 Å². The van der Waals surface area contributed by atoms with E-state index in [0.717, 1.165) is 35.7 Å². The van der Waals surface area contributed by atoms with Gasteiger partial charge in [0, 0.05) is 50.3 Å². The van der Waals surface area contributed by atoms with Crippen LogP contribution in [0, 0.1) is 12.8 Å². The lowest BCUT2D eigenvalue weighted by atomic mass is 9.93. The highest BCUT2D eigenvalue weighted by atomic mass is 16.5. The lowest BCUT2D eigenvalue weighted by Crippen LogP contribution is -2.49. The summed E-state index contributed by atoms with van der Waals surface area (Å²) in [6, 6.07) is 0. The molecule has 160 valence electrons. The summed E-state index contributed by atoms with van der Waals surface area (Å²) in [5, 5.41) is 0. The molecule has 2 aliphatic rings. The Morgan fingerprint density at radius 1 is 1.21 bits per heavy atom.